The van der Waals surface area contributed by atoms with Gasteiger partial charge in [-0.1, -0.05) is 12.1 Å². The lowest BCUT2D eigenvalue weighted by atomic mass is 10.2. The summed E-state index contributed by atoms with van der Waals surface area (Å²) >= 11 is 0. The minimum Gasteiger partial charge on any atom is -0.492 e. The Labute approximate surface area is 118 Å². The number of benzene rings is 1. The van der Waals surface area contributed by atoms with E-state index >= 15 is 0 Å². The van der Waals surface area contributed by atoms with Crippen molar-refractivity contribution in [1.29, 1.82) is 0 Å². The van der Waals surface area contributed by atoms with Crippen LogP contribution in [0.2, 0.25) is 0 Å². The van der Waals surface area contributed by atoms with Gasteiger partial charge in [0.15, 0.2) is 0 Å². The summed E-state index contributed by atoms with van der Waals surface area (Å²) < 4.78 is 27.8. The van der Waals surface area contributed by atoms with Crippen molar-refractivity contribution in [1.82, 2.24) is 0 Å². The number of aromatic carboxylic acids is 1. The van der Waals surface area contributed by atoms with Crippen LogP contribution in [0.15, 0.2) is 24.3 Å². The van der Waals surface area contributed by atoms with Gasteiger partial charge in [-0.25, -0.2) is 4.79 Å². The van der Waals surface area contributed by atoms with E-state index in [4.69, 9.17) is 18.9 Å². The van der Waals surface area contributed by atoms with E-state index in [1.54, 1.807) is 32.0 Å². The first-order valence-electron chi connectivity index (χ1n) is 6.35. The Balaban J connectivity index is 2.63. The Morgan fingerprint density at radius 2 is 1.80 bits per heavy atom. The van der Waals surface area contributed by atoms with Crippen LogP contribution in [0.25, 0.3) is 0 Å². The average molecular weight is 302 g/mol. The van der Waals surface area contributed by atoms with Crippen LogP contribution in [0.5, 0.6) is 5.75 Å². The van der Waals surface area contributed by atoms with Crippen LogP contribution in [-0.2, 0) is 13.6 Å². The highest BCUT2D eigenvalue weighted by Crippen LogP contribution is 2.47. The number of para-hydroxylation sites is 1. The standard InChI is InChI=1S/C13H19O6P/c1-3-18-20(16,19-4-2)10-9-17-12-8-6-5-7-11(12)13(14)15/h5-8H,3-4,9-10H2,1-2H3,(H,14,15). The van der Waals surface area contributed by atoms with Gasteiger partial charge < -0.3 is 18.9 Å². The second-order valence-corrected chi connectivity index (χ2v) is 6.01. The van der Waals surface area contributed by atoms with E-state index in [2.05, 4.69) is 0 Å². The third-order valence-corrected chi connectivity index (χ3v) is 4.43. The van der Waals surface area contributed by atoms with Crippen molar-refractivity contribution in [3.63, 3.8) is 0 Å². The summed E-state index contributed by atoms with van der Waals surface area (Å²) in [5.74, 6) is -0.835. The first-order chi connectivity index (χ1) is 9.52. The molecule has 112 valence electrons. The molecule has 0 saturated heterocycles. The van der Waals surface area contributed by atoms with Crippen LogP contribution < -0.4 is 4.74 Å². The highest BCUT2D eigenvalue weighted by Gasteiger charge is 2.23. The van der Waals surface area contributed by atoms with Crippen LogP contribution in [0.4, 0.5) is 0 Å². The van der Waals surface area contributed by atoms with E-state index in [9.17, 15) is 9.36 Å². The molecule has 1 rings (SSSR count). The molecule has 20 heavy (non-hydrogen) atoms. The Hall–Kier alpha value is -1.36. The summed E-state index contributed by atoms with van der Waals surface area (Å²) in [7, 11) is -3.17. The Kier molecular flexibility index (Phi) is 6.71. The number of carboxylic acids is 1. The van der Waals surface area contributed by atoms with Crippen molar-refractivity contribution in [2.45, 2.75) is 13.8 Å². The van der Waals surface area contributed by atoms with Crippen molar-refractivity contribution in [2.75, 3.05) is 26.0 Å². The highest BCUT2D eigenvalue weighted by molar-refractivity contribution is 7.53. The smallest absolute Gasteiger partial charge is 0.339 e. The molecule has 0 atom stereocenters. The molecule has 0 heterocycles. The van der Waals surface area contributed by atoms with Crippen LogP contribution in [0, 0.1) is 0 Å². The normalized spacial score (nSPS) is 11.3. The second-order valence-electron chi connectivity index (χ2n) is 3.82. The predicted molar refractivity (Wildman–Crippen MR) is 74.6 cm³/mol. The summed E-state index contributed by atoms with van der Waals surface area (Å²) in [5.41, 5.74) is 0.0650. The Morgan fingerprint density at radius 3 is 2.35 bits per heavy atom. The maximum absolute atomic E-state index is 12.2. The molecule has 0 amide bonds. The molecule has 0 saturated carbocycles. The predicted octanol–water partition coefficient (Wildman–Crippen LogP) is 3.03. The molecule has 0 spiro atoms. The monoisotopic (exact) mass is 302 g/mol. The maximum Gasteiger partial charge on any atom is 0.339 e. The molecule has 0 unspecified atom stereocenters. The molecular weight excluding hydrogens is 283 g/mol. The van der Waals surface area contributed by atoms with Gasteiger partial charge in [0.2, 0.25) is 0 Å². The van der Waals surface area contributed by atoms with Crippen molar-refractivity contribution in [2.24, 2.45) is 0 Å². The molecule has 1 aromatic carbocycles. The fraction of sp³-hybridized carbons (Fsp3) is 0.462. The van der Waals surface area contributed by atoms with Gasteiger partial charge in [-0.15, -0.1) is 0 Å². The number of rotatable bonds is 9. The van der Waals surface area contributed by atoms with E-state index in [0.717, 1.165) is 0 Å². The van der Waals surface area contributed by atoms with Crippen molar-refractivity contribution >= 4 is 13.6 Å². The molecule has 0 fully saturated rings. The lowest BCUT2D eigenvalue weighted by Crippen LogP contribution is -2.10. The van der Waals surface area contributed by atoms with Crippen molar-refractivity contribution < 1.29 is 28.3 Å². The molecule has 1 aromatic rings. The second kappa shape index (κ2) is 8.04. The van der Waals surface area contributed by atoms with Gasteiger partial charge in [0.05, 0.1) is 26.0 Å². The van der Waals surface area contributed by atoms with E-state index in [0.29, 0.717) is 0 Å². The minimum atomic E-state index is -3.17. The average Bonchev–Trinajstić information content (AvgIpc) is 2.39. The molecule has 0 aliphatic carbocycles. The van der Waals surface area contributed by atoms with Gasteiger partial charge in [0, 0.05) is 0 Å². The van der Waals surface area contributed by atoms with Crippen LogP contribution in [0.3, 0.4) is 0 Å². The highest BCUT2D eigenvalue weighted by atomic mass is 31.2. The third-order valence-electron chi connectivity index (χ3n) is 2.39. The van der Waals surface area contributed by atoms with Gasteiger partial charge in [-0.05, 0) is 26.0 Å². The van der Waals surface area contributed by atoms with E-state index in [1.165, 1.54) is 6.07 Å². The van der Waals surface area contributed by atoms with E-state index in [1.807, 2.05) is 0 Å². The maximum atomic E-state index is 12.2. The summed E-state index contributed by atoms with van der Waals surface area (Å²) in [4.78, 5) is 11.0. The molecule has 0 aliphatic rings. The number of carboxylic acid groups (broad SMARTS) is 1. The van der Waals surface area contributed by atoms with E-state index in [-0.39, 0.29) is 37.3 Å². The minimum absolute atomic E-state index is 0.0571. The molecule has 6 nitrogen and oxygen atoms in total. The van der Waals surface area contributed by atoms with Crippen molar-refractivity contribution in [3.05, 3.63) is 29.8 Å². The number of hydrogen-bond acceptors (Lipinski definition) is 5. The van der Waals surface area contributed by atoms with Crippen LogP contribution in [-0.4, -0.2) is 37.1 Å². The molecule has 7 heteroatoms. The largest absolute Gasteiger partial charge is 0.492 e. The molecule has 0 radical (unpaired) electrons. The lowest BCUT2D eigenvalue weighted by molar-refractivity contribution is 0.0692. The van der Waals surface area contributed by atoms with Crippen LogP contribution in [0.1, 0.15) is 24.2 Å². The molecule has 1 N–H and O–H groups in total. The summed E-state index contributed by atoms with van der Waals surface area (Å²) in [6, 6.07) is 6.28. The Morgan fingerprint density at radius 1 is 1.20 bits per heavy atom. The van der Waals surface area contributed by atoms with Gasteiger partial charge in [-0.2, -0.15) is 0 Å². The van der Waals surface area contributed by atoms with E-state index < -0.39 is 13.6 Å². The lowest BCUT2D eigenvalue weighted by Gasteiger charge is -2.17. The van der Waals surface area contributed by atoms with Gasteiger partial charge in [0.25, 0.3) is 0 Å². The summed E-state index contributed by atoms with van der Waals surface area (Å²) in [5, 5.41) is 9.01. The van der Waals surface area contributed by atoms with Gasteiger partial charge in [0.1, 0.15) is 11.3 Å². The number of carbonyl (C=O) groups is 1. The quantitative estimate of drug-likeness (QED) is 0.706. The Bertz CT molecular complexity index is 478. The molecule has 0 aliphatic heterocycles. The topological polar surface area (TPSA) is 82.1 Å². The van der Waals surface area contributed by atoms with Crippen molar-refractivity contribution in [3.8, 4) is 5.75 Å². The number of ether oxygens (including phenoxy) is 1. The summed E-state index contributed by atoms with van der Waals surface area (Å²) in [6.07, 6.45) is 0.0721. The zero-order chi connectivity index (χ0) is 15.0. The van der Waals surface area contributed by atoms with Gasteiger partial charge in [-0.3, -0.25) is 4.57 Å². The number of hydrogen-bond donors (Lipinski definition) is 1. The molecule has 0 bridgehead atoms. The SMILES string of the molecule is CCOP(=O)(CCOc1ccccc1C(=O)O)OCC. The summed E-state index contributed by atoms with van der Waals surface area (Å²) in [6.45, 7) is 4.08. The molecular formula is C13H19O6P. The molecule has 0 aromatic heterocycles. The zero-order valence-corrected chi connectivity index (χ0v) is 12.5. The fourth-order valence-corrected chi connectivity index (χ4v) is 3.03. The third kappa shape index (κ3) is 4.96. The first kappa shape index (κ1) is 16.7. The fourth-order valence-electron chi connectivity index (χ4n) is 1.60. The zero-order valence-electron chi connectivity index (χ0n) is 11.6. The first-order valence-corrected chi connectivity index (χ1v) is 8.08. The van der Waals surface area contributed by atoms with Gasteiger partial charge >= 0.3 is 13.6 Å². The van der Waals surface area contributed by atoms with Crippen LogP contribution >= 0.6 is 7.60 Å².